The molecule has 0 spiro atoms. The first kappa shape index (κ1) is 16.1. The Hall–Kier alpha value is -2.44. The first-order valence-electron chi connectivity index (χ1n) is 8.13. The lowest BCUT2D eigenvalue weighted by Gasteiger charge is -2.13. The van der Waals surface area contributed by atoms with Crippen molar-refractivity contribution in [2.75, 3.05) is 25.1 Å². The van der Waals surface area contributed by atoms with Gasteiger partial charge in [0.1, 0.15) is 11.4 Å². The van der Waals surface area contributed by atoms with Gasteiger partial charge in [-0.1, -0.05) is 11.6 Å². The summed E-state index contributed by atoms with van der Waals surface area (Å²) in [6.45, 7) is 2.37. The predicted octanol–water partition coefficient (Wildman–Crippen LogP) is 3.50. The van der Waals surface area contributed by atoms with Crippen LogP contribution in [0.15, 0.2) is 36.7 Å². The number of pyridine rings is 1. The second-order valence-corrected chi connectivity index (χ2v) is 6.53. The summed E-state index contributed by atoms with van der Waals surface area (Å²) in [4.78, 5) is 4.21. The normalized spacial score (nSPS) is 17.1. The van der Waals surface area contributed by atoms with Gasteiger partial charge in [0.2, 0.25) is 0 Å². The number of nitrogens with zero attached hydrogens (tertiary/aromatic N) is 3. The molecule has 6 nitrogen and oxygen atoms in total. The summed E-state index contributed by atoms with van der Waals surface area (Å²) in [5.74, 6) is 1.24. The Labute approximate surface area is 149 Å². The van der Waals surface area contributed by atoms with Crippen LogP contribution in [0.25, 0.3) is 22.0 Å². The van der Waals surface area contributed by atoms with Crippen molar-refractivity contribution in [3.8, 4) is 17.0 Å². The van der Waals surface area contributed by atoms with E-state index in [1.807, 2.05) is 6.07 Å². The molecule has 1 saturated heterocycles. The lowest BCUT2D eigenvalue weighted by atomic mass is 10.0. The maximum atomic E-state index is 10.2. The number of ether oxygens (including phenoxy) is 1. The molecular formula is C18H17ClN4O2. The molecule has 3 heterocycles. The largest absolute Gasteiger partial charge is 0.507 e. The van der Waals surface area contributed by atoms with Crippen LogP contribution in [0, 0.1) is 5.92 Å². The van der Waals surface area contributed by atoms with E-state index in [1.54, 1.807) is 24.5 Å². The fourth-order valence-corrected chi connectivity index (χ4v) is 3.18. The number of rotatable bonds is 4. The third kappa shape index (κ3) is 3.23. The van der Waals surface area contributed by atoms with Crippen LogP contribution in [0.5, 0.6) is 5.75 Å². The Morgan fingerprint density at radius 3 is 2.96 bits per heavy atom. The zero-order valence-corrected chi connectivity index (χ0v) is 14.2. The van der Waals surface area contributed by atoms with Crippen molar-refractivity contribution < 1.29 is 9.84 Å². The molecule has 1 aromatic carbocycles. The highest BCUT2D eigenvalue weighted by molar-refractivity contribution is 6.30. The molecule has 1 atom stereocenters. The van der Waals surface area contributed by atoms with Gasteiger partial charge >= 0.3 is 0 Å². The Bertz CT molecular complexity index is 913. The van der Waals surface area contributed by atoms with Crippen molar-refractivity contribution in [1.29, 1.82) is 0 Å². The van der Waals surface area contributed by atoms with E-state index in [4.69, 9.17) is 16.3 Å². The number of benzene rings is 1. The minimum atomic E-state index is 0.0729. The molecular weight excluding hydrogens is 340 g/mol. The molecule has 0 amide bonds. The lowest BCUT2D eigenvalue weighted by Crippen LogP contribution is -2.15. The Morgan fingerprint density at radius 2 is 2.16 bits per heavy atom. The number of hydrogen-bond donors (Lipinski definition) is 2. The second-order valence-electron chi connectivity index (χ2n) is 6.09. The quantitative estimate of drug-likeness (QED) is 0.744. The van der Waals surface area contributed by atoms with Gasteiger partial charge in [-0.3, -0.25) is 4.98 Å². The average molecular weight is 357 g/mol. The number of nitrogens with one attached hydrogen (secondary N) is 1. The molecule has 0 aliphatic carbocycles. The predicted molar refractivity (Wildman–Crippen MR) is 96.9 cm³/mol. The molecule has 3 aromatic rings. The van der Waals surface area contributed by atoms with Gasteiger partial charge in [-0.25, -0.2) is 0 Å². The lowest BCUT2D eigenvalue weighted by molar-refractivity contribution is 0.187. The number of hydrogen-bond acceptors (Lipinski definition) is 6. The zero-order chi connectivity index (χ0) is 17.2. The first-order valence-corrected chi connectivity index (χ1v) is 8.51. The van der Waals surface area contributed by atoms with E-state index in [2.05, 4.69) is 20.5 Å². The van der Waals surface area contributed by atoms with Crippen LogP contribution in [0.3, 0.4) is 0 Å². The van der Waals surface area contributed by atoms with E-state index >= 15 is 0 Å². The summed E-state index contributed by atoms with van der Waals surface area (Å²) in [6.07, 6.45) is 4.51. The molecule has 1 aliphatic rings. The standard InChI is InChI=1S/C18H17ClN4O2/c19-12-1-2-14(16(24)7-12)17-13-3-5-20-9-15(13)18(23-22-17)21-8-11-4-6-25-10-11/h1-3,5,7,9,11,24H,4,6,8,10H2,(H,21,23)/t11-/m1/s1. The third-order valence-corrected chi connectivity index (χ3v) is 4.61. The van der Waals surface area contributed by atoms with Crippen molar-refractivity contribution >= 4 is 28.2 Å². The number of fused-ring (bicyclic) bond motifs is 1. The van der Waals surface area contributed by atoms with Gasteiger partial charge in [0.15, 0.2) is 5.82 Å². The van der Waals surface area contributed by atoms with Crippen molar-refractivity contribution in [2.24, 2.45) is 5.92 Å². The van der Waals surface area contributed by atoms with E-state index in [0.29, 0.717) is 28.0 Å². The Morgan fingerprint density at radius 1 is 1.24 bits per heavy atom. The molecule has 128 valence electrons. The van der Waals surface area contributed by atoms with Crippen LogP contribution in [0.2, 0.25) is 5.02 Å². The van der Waals surface area contributed by atoms with Gasteiger partial charge in [-0.05, 0) is 30.7 Å². The fourth-order valence-electron chi connectivity index (χ4n) is 3.02. The number of halogens is 1. The van der Waals surface area contributed by atoms with Crippen molar-refractivity contribution in [3.05, 3.63) is 41.7 Å². The monoisotopic (exact) mass is 356 g/mol. The molecule has 0 unspecified atom stereocenters. The minimum absolute atomic E-state index is 0.0729. The van der Waals surface area contributed by atoms with Gasteiger partial charge in [0.05, 0.1) is 6.61 Å². The summed E-state index contributed by atoms with van der Waals surface area (Å²) < 4.78 is 5.41. The molecule has 2 N–H and O–H groups in total. The maximum absolute atomic E-state index is 10.2. The van der Waals surface area contributed by atoms with Crippen molar-refractivity contribution in [2.45, 2.75) is 6.42 Å². The number of phenolic OH excluding ortho intramolecular Hbond substituents is 1. The molecule has 4 rings (SSSR count). The minimum Gasteiger partial charge on any atom is -0.507 e. The second kappa shape index (κ2) is 6.82. The van der Waals surface area contributed by atoms with Crippen LogP contribution in [0.1, 0.15) is 6.42 Å². The molecule has 7 heteroatoms. The smallest absolute Gasteiger partial charge is 0.158 e. The highest BCUT2D eigenvalue weighted by atomic mass is 35.5. The topological polar surface area (TPSA) is 80.2 Å². The van der Waals surface area contributed by atoms with E-state index < -0.39 is 0 Å². The number of aromatic hydroxyl groups is 1. The van der Waals surface area contributed by atoms with Gasteiger partial charge in [-0.2, -0.15) is 0 Å². The number of aromatic nitrogens is 3. The van der Waals surface area contributed by atoms with E-state index in [1.165, 1.54) is 6.07 Å². The van der Waals surface area contributed by atoms with Gasteiger partial charge < -0.3 is 15.2 Å². The highest BCUT2D eigenvalue weighted by Gasteiger charge is 2.18. The summed E-state index contributed by atoms with van der Waals surface area (Å²) >= 11 is 5.93. The molecule has 1 aliphatic heterocycles. The molecule has 0 bridgehead atoms. The molecule has 25 heavy (non-hydrogen) atoms. The van der Waals surface area contributed by atoms with Crippen molar-refractivity contribution in [3.63, 3.8) is 0 Å². The molecule has 0 radical (unpaired) electrons. The number of phenols is 1. The van der Waals surface area contributed by atoms with Gasteiger partial charge in [0.25, 0.3) is 0 Å². The fraction of sp³-hybridized carbons (Fsp3) is 0.278. The Balaban J connectivity index is 1.73. The third-order valence-electron chi connectivity index (χ3n) is 4.38. The van der Waals surface area contributed by atoms with Crippen molar-refractivity contribution in [1.82, 2.24) is 15.2 Å². The maximum Gasteiger partial charge on any atom is 0.158 e. The van der Waals surface area contributed by atoms with Gasteiger partial charge in [-0.15, -0.1) is 10.2 Å². The Kier molecular flexibility index (Phi) is 4.38. The summed E-state index contributed by atoms with van der Waals surface area (Å²) in [6, 6.07) is 6.83. The first-order chi connectivity index (χ1) is 12.2. The van der Waals surface area contributed by atoms with Crippen LogP contribution < -0.4 is 5.32 Å². The van der Waals surface area contributed by atoms with Crippen LogP contribution in [0.4, 0.5) is 5.82 Å². The summed E-state index contributed by atoms with van der Waals surface area (Å²) in [5.41, 5.74) is 1.19. The van der Waals surface area contributed by atoms with E-state index in [-0.39, 0.29) is 5.75 Å². The summed E-state index contributed by atoms with van der Waals surface area (Å²) in [7, 11) is 0. The molecule has 2 aromatic heterocycles. The van der Waals surface area contributed by atoms with Crippen LogP contribution >= 0.6 is 11.6 Å². The van der Waals surface area contributed by atoms with Crippen LogP contribution in [-0.4, -0.2) is 40.0 Å². The van der Waals surface area contributed by atoms with E-state index in [9.17, 15) is 5.11 Å². The van der Waals surface area contributed by atoms with Gasteiger partial charge in [0, 0.05) is 52.8 Å². The molecule has 1 fully saturated rings. The van der Waals surface area contributed by atoms with E-state index in [0.717, 1.165) is 37.0 Å². The molecule has 0 saturated carbocycles. The summed E-state index contributed by atoms with van der Waals surface area (Å²) in [5, 5.41) is 24.4. The highest BCUT2D eigenvalue weighted by Crippen LogP contribution is 2.35. The zero-order valence-electron chi connectivity index (χ0n) is 13.4. The van der Waals surface area contributed by atoms with Crippen LogP contribution in [-0.2, 0) is 4.74 Å². The SMILES string of the molecule is Oc1cc(Cl)ccc1-c1nnc(NC[C@H]2CCOC2)c2cnccc12. The number of anilines is 1. The average Bonchev–Trinajstić information content (AvgIpc) is 3.14.